The summed E-state index contributed by atoms with van der Waals surface area (Å²) < 4.78 is 0. The summed E-state index contributed by atoms with van der Waals surface area (Å²) in [7, 11) is 3.97. The topological polar surface area (TPSA) is 58.4 Å². The van der Waals surface area contributed by atoms with Crippen molar-refractivity contribution >= 4 is 34.5 Å². The molecule has 0 bridgehead atoms. The molecule has 21 heavy (non-hydrogen) atoms. The lowest BCUT2D eigenvalue weighted by Crippen LogP contribution is -2.47. The summed E-state index contributed by atoms with van der Waals surface area (Å²) in [4.78, 5) is 15.0. The maximum atomic E-state index is 12.7. The summed E-state index contributed by atoms with van der Waals surface area (Å²) in [6.07, 6.45) is 4.66. The summed E-state index contributed by atoms with van der Waals surface area (Å²) in [5.74, 6) is -0.0627. The highest BCUT2D eigenvalue weighted by molar-refractivity contribution is 7.80. The third kappa shape index (κ3) is 3.35. The van der Waals surface area contributed by atoms with Crippen molar-refractivity contribution in [1.29, 1.82) is 0 Å². The minimum Gasteiger partial charge on any atom is -0.392 e. The van der Waals surface area contributed by atoms with Crippen LogP contribution in [0.3, 0.4) is 0 Å². The van der Waals surface area contributed by atoms with Gasteiger partial charge in [-0.25, -0.2) is 0 Å². The molecule has 0 atom stereocenters. The van der Waals surface area contributed by atoms with Crippen molar-refractivity contribution in [2.24, 2.45) is 11.1 Å². The summed E-state index contributed by atoms with van der Waals surface area (Å²) in [5.41, 5.74) is 7.09. The number of nitrogens with zero attached hydrogens (tertiary/aromatic N) is 1. The first-order valence-corrected chi connectivity index (χ1v) is 7.75. The fourth-order valence-electron chi connectivity index (χ4n) is 2.83. The molecule has 1 aliphatic carbocycles. The number of thiocarbonyl (C=S) groups is 1. The van der Waals surface area contributed by atoms with Crippen LogP contribution >= 0.6 is 12.2 Å². The van der Waals surface area contributed by atoms with Crippen molar-refractivity contribution in [3.05, 3.63) is 24.3 Å². The van der Waals surface area contributed by atoms with Crippen molar-refractivity contribution < 1.29 is 4.79 Å². The van der Waals surface area contributed by atoms with Gasteiger partial charge in [-0.15, -0.1) is 0 Å². The fraction of sp³-hybridized carbons (Fsp3) is 0.500. The number of nitrogens with one attached hydrogen (secondary N) is 1. The van der Waals surface area contributed by atoms with E-state index in [2.05, 4.69) is 5.32 Å². The molecule has 5 heteroatoms. The van der Waals surface area contributed by atoms with Crippen molar-refractivity contribution in [3.63, 3.8) is 0 Å². The van der Waals surface area contributed by atoms with Crippen LogP contribution in [-0.2, 0) is 4.79 Å². The van der Waals surface area contributed by atoms with Gasteiger partial charge >= 0.3 is 0 Å². The van der Waals surface area contributed by atoms with Gasteiger partial charge in [-0.05, 0) is 37.1 Å². The van der Waals surface area contributed by atoms with E-state index in [1.807, 2.05) is 43.3 Å². The number of amides is 1. The van der Waals surface area contributed by atoms with Crippen molar-refractivity contribution in [2.75, 3.05) is 24.3 Å². The van der Waals surface area contributed by atoms with Gasteiger partial charge in [0.15, 0.2) is 0 Å². The number of anilines is 2. The Kier molecular flexibility index (Phi) is 4.83. The van der Waals surface area contributed by atoms with E-state index in [0.29, 0.717) is 4.99 Å². The first-order valence-electron chi connectivity index (χ1n) is 7.34. The third-order valence-corrected chi connectivity index (χ3v) is 4.65. The second-order valence-electron chi connectivity index (χ2n) is 5.90. The van der Waals surface area contributed by atoms with Crippen molar-refractivity contribution in [3.8, 4) is 0 Å². The van der Waals surface area contributed by atoms with E-state index in [0.717, 1.165) is 43.5 Å². The van der Waals surface area contributed by atoms with Crippen LogP contribution in [0.2, 0.25) is 0 Å². The van der Waals surface area contributed by atoms with Crippen molar-refractivity contribution in [1.82, 2.24) is 0 Å². The van der Waals surface area contributed by atoms with Gasteiger partial charge in [0.1, 0.15) is 0 Å². The van der Waals surface area contributed by atoms with Crippen molar-refractivity contribution in [2.45, 2.75) is 32.1 Å². The number of carbonyl (C=O) groups excluding carboxylic acids is 1. The van der Waals surface area contributed by atoms with Gasteiger partial charge in [0, 0.05) is 25.5 Å². The molecule has 0 radical (unpaired) electrons. The Morgan fingerprint density at radius 1 is 1.19 bits per heavy atom. The summed E-state index contributed by atoms with van der Waals surface area (Å²) in [5, 5.41) is 2.97. The molecule has 0 aliphatic heterocycles. The lowest BCUT2D eigenvalue weighted by Gasteiger charge is -2.34. The summed E-state index contributed by atoms with van der Waals surface area (Å²) in [6, 6.07) is 7.76. The molecule has 1 saturated carbocycles. The van der Waals surface area contributed by atoms with Crippen LogP contribution in [0, 0.1) is 5.41 Å². The van der Waals surface area contributed by atoms with Gasteiger partial charge in [0.25, 0.3) is 0 Å². The maximum absolute atomic E-state index is 12.7. The number of carbonyl (C=O) groups is 1. The standard InChI is InChI=1S/C16H23N3OS/c1-19(2)13-8-6-12(7-9-13)18-15(20)16(14(17)21)10-4-3-5-11-16/h6-9H,3-5,10-11H2,1-2H3,(H2,17,21)(H,18,20). The molecule has 0 saturated heterocycles. The molecular formula is C16H23N3OS. The van der Waals surface area contributed by atoms with E-state index in [1.54, 1.807) is 0 Å². The smallest absolute Gasteiger partial charge is 0.237 e. The predicted molar refractivity (Wildman–Crippen MR) is 91.7 cm³/mol. The lowest BCUT2D eigenvalue weighted by atomic mass is 9.73. The zero-order valence-corrected chi connectivity index (χ0v) is 13.5. The molecule has 0 aromatic heterocycles. The van der Waals surface area contributed by atoms with E-state index >= 15 is 0 Å². The molecular weight excluding hydrogens is 282 g/mol. The Hall–Kier alpha value is -1.62. The monoisotopic (exact) mass is 305 g/mol. The molecule has 2 rings (SSSR count). The average Bonchev–Trinajstić information content (AvgIpc) is 2.48. The molecule has 1 aromatic rings. The van der Waals surface area contributed by atoms with E-state index in [-0.39, 0.29) is 5.91 Å². The van der Waals surface area contributed by atoms with Gasteiger partial charge in [0.2, 0.25) is 5.91 Å². The number of nitrogens with two attached hydrogens (primary N) is 1. The molecule has 0 heterocycles. The Morgan fingerprint density at radius 2 is 1.76 bits per heavy atom. The average molecular weight is 305 g/mol. The van der Waals surface area contributed by atoms with Crippen LogP contribution in [0.5, 0.6) is 0 Å². The highest BCUT2D eigenvalue weighted by Gasteiger charge is 2.42. The molecule has 1 aromatic carbocycles. The highest BCUT2D eigenvalue weighted by Crippen LogP contribution is 2.37. The third-order valence-electron chi connectivity index (χ3n) is 4.25. The molecule has 4 nitrogen and oxygen atoms in total. The molecule has 0 spiro atoms. The Bertz CT molecular complexity index is 519. The number of rotatable bonds is 4. The second kappa shape index (κ2) is 6.43. The predicted octanol–water partition coefficient (Wildman–Crippen LogP) is 2.93. The normalized spacial score (nSPS) is 17.0. The molecule has 114 valence electrons. The van der Waals surface area contributed by atoms with Crippen LogP contribution in [0.15, 0.2) is 24.3 Å². The minimum atomic E-state index is -0.673. The van der Waals surface area contributed by atoms with Gasteiger partial charge < -0.3 is 16.0 Å². The molecule has 0 unspecified atom stereocenters. The summed E-state index contributed by atoms with van der Waals surface area (Å²) in [6.45, 7) is 0. The van der Waals surface area contributed by atoms with Crippen LogP contribution in [0.1, 0.15) is 32.1 Å². The first-order chi connectivity index (χ1) is 9.95. The Labute approximate surface area is 131 Å². The minimum absolute atomic E-state index is 0.0627. The van der Waals surface area contributed by atoms with Gasteiger partial charge in [-0.1, -0.05) is 31.5 Å². The number of hydrogen-bond acceptors (Lipinski definition) is 3. The Balaban J connectivity index is 2.13. The first kappa shape index (κ1) is 15.8. The van der Waals surface area contributed by atoms with E-state index in [4.69, 9.17) is 18.0 Å². The van der Waals surface area contributed by atoms with Crippen LogP contribution in [0.4, 0.5) is 11.4 Å². The van der Waals surface area contributed by atoms with Crippen LogP contribution < -0.4 is 16.0 Å². The second-order valence-corrected chi connectivity index (χ2v) is 6.34. The van der Waals surface area contributed by atoms with Gasteiger partial charge in [-0.2, -0.15) is 0 Å². The van der Waals surface area contributed by atoms with Gasteiger partial charge in [0.05, 0.1) is 10.4 Å². The van der Waals surface area contributed by atoms with Crippen LogP contribution in [-0.4, -0.2) is 25.0 Å². The molecule has 1 amide bonds. The molecule has 3 N–H and O–H groups in total. The van der Waals surface area contributed by atoms with Crippen LogP contribution in [0.25, 0.3) is 0 Å². The van der Waals surface area contributed by atoms with E-state index in [9.17, 15) is 4.79 Å². The quantitative estimate of drug-likeness (QED) is 0.840. The number of hydrogen-bond donors (Lipinski definition) is 2. The Morgan fingerprint density at radius 3 is 2.24 bits per heavy atom. The lowest BCUT2D eigenvalue weighted by molar-refractivity contribution is -0.123. The zero-order chi connectivity index (χ0) is 15.5. The SMILES string of the molecule is CN(C)c1ccc(NC(=O)C2(C(N)=S)CCCCC2)cc1. The molecule has 1 aliphatic rings. The van der Waals surface area contributed by atoms with E-state index < -0.39 is 5.41 Å². The highest BCUT2D eigenvalue weighted by atomic mass is 32.1. The summed E-state index contributed by atoms with van der Waals surface area (Å²) >= 11 is 5.19. The van der Waals surface area contributed by atoms with Gasteiger partial charge in [-0.3, -0.25) is 4.79 Å². The zero-order valence-electron chi connectivity index (χ0n) is 12.7. The van der Waals surface area contributed by atoms with E-state index in [1.165, 1.54) is 0 Å². The fourth-order valence-corrected chi connectivity index (χ4v) is 3.13. The largest absolute Gasteiger partial charge is 0.392 e. The maximum Gasteiger partial charge on any atom is 0.237 e. The molecule has 1 fully saturated rings. The number of benzene rings is 1.